The Kier molecular flexibility index (Phi) is 2.73. The number of nitrogens with two attached hydrogens (primary N) is 1. The topological polar surface area (TPSA) is 58.4 Å². The van der Waals surface area contributed by atoms with Gasteiger partial charge < -0.3 is 16.0 Å². The summed E-state index contributed by atoms with van der Waals surface area (Å²) in [6.07, 6.45) is 0.836. The molecule has 1 aliphatic heterocycles. The van der Waals surface area contributed by atoms with Gasteiger partial charge in [-0.15, -0.1) is 0 Å². The van der Waals surface area contributed by atoms with Crippen LogP contribution in [-0.4, -0.2) is 30.4 Å². The molecule has 1 amide bonds. The first-order valence-corrected chi connectivity index (χ1v) is 5.46. The zero-order valence-electron chi connectivity index (χ0n) is 9.66. The lowest BCUT2D eigenvalue weighted by atomic mass is 10.1. The van der Waals surface area contributed by atoms with E-state index < -0.39 is 0 Å². The van der Waals surface area contributed by atoms with E-state index >= 15 is 0 Å². The van der Waals surface area contributed by atoms with E-state index in [0.29, 0.717) is 5.69 Å². The van der Waals surface area contributed by atoms with Gasteiger partial charge in [-0.3, -0.25) is 4.79 Å². The van der Waals surface area contributed by atoms with Gasteiger partial charge in [0.25, 0.3) is 0 Å². The Balaban J connectivity index is 2.19. The van der Waals surface area contributed by atoms with Crippen molar-refractivity contribution in [2.45, 2.75) is 19.4 Å². The number of benzene rings is 1. The van der Waals surface area contributed by atoms with Crippen LogP contribution in [0.15, 0.2) is 18.2 Å². The molecule has 0 saturated carbocycles. The average molecular weight is 219 g/mol. The van der Waals surface area contributed by atoms with Crippen molar-refractivity contribution in [2.24, 2.45) is 0 Å². The fourth-order valence-electron chi connectivity index (χ4n) is 2.02. The Labute approximate surface area is 95.4 Å². The summed E-state index contributed by atoms with van der Waals surface area (Å²) in [4.78, 5) is 13.5. The van der Waals surface area contributed by atoms with Crippen molar-refractivity contribution in [3.63, 3.8) is 0 Å². The molecule has 0 bridgehead atoms. The first-order valence-electron chi connectivity index (χ1n) is 5.46. The highest BCUT2D eigenvalue weighted by molar-refractivity contribution is 5.88. The number of carbonyl (C=O) groups is 1. The standard InChI is InChI=1S/C12H17N3O/c1-8-4-3-5-9(13)11(8)14-10-6-7-15(2)12(10)16/h3-5,10,14H,6-7,13H2,1-2H3. The van der Waals surface area contributed by atoms with Crippen molar-refractivity contribution < 1.29 is 4.79 Å². The molecule has 3 N–H and O–H groups in total. The molecule has 0 aliphatic carbocycles. The van der Waals surface area contributed by atoms with Gasteiger partial charge >= 0.3 is 0 Å². The zero-order chi connectivity index (χ0) is 11.7. The van der Waals surface area contributed by atoms with Gasteiger partial charge in [-0.05, 0) is 25.0 Å². The fraction of sp³-hybridized carbons (Fsp3) is 0.417. The van der Waals surface area contributed by atoms with Crippen LogP contribution in [0.3, 0.4) is 0 Å². The van der Waals surface area contributed by atoms with E-state index in [0.717, 1.165) is 24.2 Å². The van der Waals surface area contributed by atoms with E-state index in [-0.39, 0.29) is 11.9 Å². The van der Waals surface area contributed by atoms with Crippen molar-refractivity contribution in [1.82, 2.24) is 4.90 Å². The molecule has 4 nitrogen and oxygen atoms in total. The van der Waals surface area contributed by atoms with Crippen LogP contribution in [0.4, 0.5) is 11.4 Å². The van der Waals surface area contributed by atoms with E-state index in [4.69, 9.17) is 5.73 Å². The number of hydrogen-bond donors (Lipinski definition) is 2. The third-order valence-corrected chi connectivity index (χ3v) is 3.05. The minimum atomic E-state index is -0.131. The largest absolute Gasteiger partial charge is 0.397 e. The van der Waals surface area contributed by atoms with E-state index in [1.54, 1.807) is 4.90 Å². The lowest BCUT2D eigenvalue weighted by molar-refractivity contribution is -0.127. The molecule has 1 aromatic carbocycles. The van der Waals surface area contributed by atoms with Crippen LogP contribution in [0.2, 0.25) is 0 Å². The first-order chi connectivity index (χ1) is 7.59. The van der Waals surface area contributed by atoms with Gasteiger partial charge in [-0.25, -0.2) is 0 Å². The molecule has 4 heteroatoms. The molecule has 0 spiro atoms. The Morgan fingerprint density at radius 2 is 2.25 bits per heavy atom. The number of amides is 1. The van der Waals surface area contributed by atoms with E-state index in [9.17, 15) is 4.79 Å². The Bertz CT molecular complexity index is 396. The predicted octanol–water partition coefficient (Wildman–Crippen LogP) is 1.22. The second-order valence-corrected chi connectivity index (χ2v) is 4.28. The summed E-state index contributed by atoms with van der Waals surface area (Å²) in [6.45, 7) is 2.80. The molecule has 1 atom stereocenters. The second kappa shape index (κ2) is 4.04. The highest BCUT2D eigenvalue weighted by atomic mass is 16.2. The SMILES string of the molecule is Cc1cccc(N)c1NC1CCN(C)C1=O. The molecule has 0 aromatic heterocycles. The molecule has 1 aromatic rings. The van der Waals surface area contributed by atoms with E-state index in [2.05, 4.69) is 5.32 Å². The van der Waals surface area contributed by atoms with Crippen molar-refractivity contribution in [1.29, 1.82) is 0 Å². The third-order valence-electron chi connectivity index (χ3n) is 3.05. The van der Waals surface area contributed by atoms with Crippen molar-refractivity contribution >= 4 is 17.3 Å². The predicted molar refractivity (Wildman–Crippen MR) is 65.3 cm³/mol. The quantitative estimate of drug-likeness (QED) is 0.735. The second-order valence-electron chi connectivity index (χ2n) is 4.28. The van der Waals surface area contributed by atoms with Crippen molar-refractivity contribution in [2.75, 3.05) is 24.6 Å². The number of nitrogen functional groups attached to an aromatic ring is 1. The normalized spacial score (nSPS) is 20.2. The summed E-state index contributed by atoms with van der Waals surface area (Å²) < 4.78 is 0. The third kappa shape index (κ3) is 1.83. The summed E-state index contributed by atoms with van der Waals surface area (Å²) in [6, 6.07) is 5.62. The maximum atomic E-state index is 11.8. The maximum absolute atomic E-state index is 11.8. The molecule has 16 heavy (non-hydrogen) atoms. The van der Waals surface area contributed by atoms with Gasteiger partial charge in [0.05, 0.1) is 11.4 Å². The first kappa shape index (κ1) is 10.8. The molecule has 1 heterocycles. The lowest BCUT2D eigenvalue weighted by Gasteiger charge is -2.17. The van der Waals surface area contributed by atoms with E-state index in [1.165, 1.54) is 0 Å². The molecule has 1 fully saturated rings. The number of hydrogen-bond acceptors (Lipinski definition) is 3. The number of anilines is 2. The van der Waals surface area contributed by atoms with Crippen LogP contribution in [0.5, 0.6) is 0 Å². The molecule has 1 aliphatic rings. The van der Waals surface area contributed by atoms with Crippen LogP contribution >= 0.6 is 0 Å². The number of rotatable bonds is 2. The number of likely N-dealkylation sites (tertiary alicyclic amines) is 1. The van der Waals surface area contributed by atoms with Crippen molar-refractivity contribution in [3.8, 4) is 0 Å². The van der Waals surface area contributed by atoms with Crippen LogP contribution in [0, 0.1) is 6.92 Å². The molecule has 2 rings (SSSR count). The molecule has 1 unspecified atom stereocenters. The van der Waals surface area contributed by atoms with Crippen LogP contribution in [0.1, 0.15) is 12.0 Å². The Morgan fingerprint density at radius 1 is 1.50 bits per heavy atom. The number of nitrogens with zero attached hydrogens (tertiary/aromatic N) is 1. The number of nitrogens with one attached hydrogen (secondary N) is 1. The van der Waals surface area contributed by atoms with Crippen molar-refractivity contribution in [3.05, 3.63) is 23.8 Å². The smallest absolute Gasteiger partial charge is 0.244 e. The van der Waals surface area contributed by atoms with Gasteiger partial charge in [0.1, 0.15) is 6.04 Å². The molecular weight excluding hydrogens is 202 g/mol. The van der Waals surface area contributed by atoms with Gasteiger partial charge in [-0.2, -0.15) is 0 Å². The van der Waals surface area contributed by atoms with E-state index in [1.807, 2.05) is 32.2 Å². The molecule has 0 radical (unpaired) electrons. The minimum absolute atomic E-state index is 0.131. The van der Waals surface area contributed by atoms with Gasteiger partial charge in [0, 0.05) is 13.6 Å². The zero-order valence-corrected chi connectivity index (χ0v) is 9.66. The number of aryl methyl sites for hydroxylation is 1. The highest BCUT2D eigenvalue weighted by Crippen LogP contribution is 2.25. The van der Waals surface area contributed by atoms with Gasteiger partial charge in [0.2, 0.25) is 5.91 Å². The summed E-state index contributed by atoms with van der Waals surface area (Å²) in [5.74, 6) is 0.141. The number of para-hydroxylation sites is 1. The van der Waals surface area contributed by atoms with Gasteiger partial charge in [-0.1, -0.05) is 12.1 Å². The molecule has 1 saturated heterocycles. The number of likely N-dealkylation sites (N-methyl/N-ethyl adjacent to an activating group) is 1. The lowest BCUT2D eigenvalue weighted by Crippen LogP contribution is -2.31. The summed E-state index contributed by atoms with van der Waals surface area (Å²) in [7, 11) is 1.82. The molecular formula is C12H17N3O. The van der Waals surface area contributed by atoms with Gasteiger partial charge in [0.15, 0.2) is 0 Å². The summed E-state index contributed by atoms with van der Waals surface area (Å²) in [5, 5.41) is 3.24. The summed E-state index contributed by atoms with van der Waals surface area (Å²) >= 11 is 0. The van der Waals surface area contributed by atoms with Crippen LogP contribution in [-0.2, 0) is 4.79 Å². The molecule has 86 valence electrons. The number of carbonyl (C=O) groups excluding carboxylic acids is 1. The Morgan fingerprint density at radius 3 is 2.81 bits per heavy atom. The highest BCUT2D eigenvalue weighted by Gasteiger charge is 2.29. The monoisotopic (exact) mass is 219 g/mol. The maximum Gasteiger partial charge on any atom is 0.244 e. The average Bonchev–Trinajstić information content (AvgIpc) is 2.55. The van der Waals surface area contributed by atoms with Crippen LogP contribution < -0.4 is 11.1 Å². The fourth-order valence-corrected chi connectivity index (χ4v) is 2.02. The minimum Gasteiger partial charge on any atom is -0.397 e. The summed E-state index contributed by atoms with van der Waals surface area (Å²) in [5.41, 5.74) is 8.55. The Hall–Kier alpha value is -1.71. The van der Waals surface area contributed by atoms with Crippen LogP contribution in [0.25, 0.3) is 0 Å².